The Morgan fingerprint density at radius 2 is 1.97 bits per heavy atom. The predicted molar refractivity (Wildman–Crippen MR) is 141 cm³/mol. The number of benzene rings is 1. The number of pyridine rings is 2. The molecule has 4 aromatic rings. The lowest BCUT2D eigenvalue weighted by molar-refractivity contribution is -0.113. The number of carbonyl (C=O) groups excluding carboxylic acids is 1. The predicted octanol–water partition coefficient (Wildman–Crippen LogP) is 5.17. The number of halogens is 1. The van der Waals surface area contributed by atoms with Crippen molar-refractivity contribution in [1.29, 1.82) is 0 Å². The number of methoxy groups -OCH3 is 1. The highest BCUT2D eigenvalue weighted by Crippen LogP contribution is 2.44. The first-order valence-electron chi connectivity index (χ1n) is 11.5. The van der Waals surface area contributed by atoms with Crippen LogP contribution < -0.4 is 9.64 Å². The molecule has 38 heavy (non-hydrogen) atoms. The fourth-order valence-electron chi connectivity index (χ4n) is 3.89. The Kier molecular flexibility index (Phi) is 8.03. The van der Waals surface area contributed by atoms with E-state index in [0.717, 1.165) is 0 Å². The van der Waals surface area contributed by atoms with Gasteiger partial charge in [0.15, 0.2) is 0 Å². The van der Waals surface area contributed by atoms with E-state index in [2.05, 4.69) is 16.5 Å². The van der Waals surface area contributed by atoms with E-state index in [9.17, 15) is 18.6 Å². The second-order valence-corrected chi connectivity index (χ2v) is 9.59. The van der Waals surface area contributed by atoms with Crippen molar-refractivity contribution in [3.63, 3.8) is 0 Å². The number of ether oxygens (including phenoxy) is 1. The summed E-state index contributed by atoms with van der Waals surface area (Å²) in [6.45, 7) is 4.78. The van der Waals surface area contributed by atoms with Crippen LogP contribution in [0.4, 0.5) is 10.1 Å². The van der Waals surface area contributed by atoms with Gasteiger partial charge in [-0.25, -0.2) is 14.5 Å². The number of aromatic nitrogens is 3. The highest BCUT2D eigenvalue weighted by atomic mass is 31.2. The third-order valence-corrected chi connectivity index (χ3v) is 6.78. The zero-order valence-corrected chi connectivity index (χ0v) is 21.9. The molecule has 0 aliphatic carbocycles. The van der Waals surface area contributed by atoms with E-state index < -0.39 is 13.8 Å². The molecule has 0 aliphatic rings. The van der Waals surface area contributed by atoms with Crippen molar-refractivity contribution >= 4 is 30.5 Å². The molecule has 3 heterocycles. The lowest BCUT2D eigenvalue weighted by atomic mass is 10.0. The SMILES string of the molecule is C=CC(=O)N(C)c1cc(OC)cc(-c2cnc3c(c2)c(-c2ccnc(F)c2)cn3COP(=O)(O)OCC)c1. The van der Waals surface area contributed by atoms with Gasteiger partial charge < -0.3 is 19.1 Å². The van der Waals surface area contributed by atoms with E-state index in [0.29, 0.717) is 44.7 Å². The quantitative estimate of drug-likeness (QED) is 0.166. The molecule has 3 aromatic heterocycles. The van der Waals surface area contributed by atoms with Crippen LogP contribution in [0, 0.1) is 5.95 Å². The molecule has 1 N–H and O–H groups in total. The lowest BCUT2D eigenvalue weighted by Gasteiger charge is -2.18. The standard InChI is InChI=1S/C26H26FN4O6P/c1-5-25(32)30(3)20-9-18(10-21(13-20)35-4)19-11-22-23(17-7-8-28-24(27)12-17)15-31(26(22)29-14-19)16-37-38(33,34)36-6-2/h5,7-15H,1,6,16H2,2-4H3,(H,33,34). The van der Waals surface area contributed by atoms with E-state index in [1.165, 1.54) is 34.9 Å². The minimum absolute atomic E-state index is 0.000528. The number of fused-ring (bicyclic) bond motifs is 1. The average Bonchev–Trinajstić information content (AvgIpc) is 3.28. The van der Waals surface area contributed by atoms with Crippen LogP contribution in [0.5, 0.6) is 5.75 Å². The van der Waals surface area contributed by atoms with Crippen LogP contribution in [0.25, 0.3) is 33.3 Å². The van der Waals surface area contributed by atoms with E-state index >= 15 is 0 Å². The van der Waals surface area contributed by atoms with Gasteiger partial charge in [0.2, 0.25) is 11.9 Å². The number of likely N-dealkylation sites (N-methyl/N-ethyl adjacent to an activating group) is 1. The monoisotopic (exact) mass is 540 g/mol. The van der Waals surface area contributed by atoms with Gasteiger partial charge in [-0.1, -0.05) is 6.58 Å². The highest BCUT2D eigenvalue weighted by Gasteiger charge is 2.22. The van der Waals surface area contributed by atoms with Crippen LogP contribution in [0.2, 0.25) is 0 Å². The van der Waals surface area contributed by atoms with Gasteiger partial charge in [-0.3, -0.25) is 13.8 Å². The first-order chi connectivity index (χ1) is 18.2. The molecule has 0 saturated heterocycles. The van der Waals surface area contributed by atoms with Crippen LogP contribution in [-0.4, -0.2) is 46.1 Å². The molecule has 198 valence electrons. The molecule has 1 amide bonds. The second kappa shape index (κ2) is 11.2. The molecule has 0 saturated carbocycles. The molecule has 0 fully saturated rings. The van der Waals surface area contributed by atoms with Crippen molar-refractivity contribution in [2.75, 3.05) is 25.7 Å². The molecule has 0 aliphatic heterocycles. The Hall–Kier alpha value is -3.89. The topological polar surface area (TPSA) is 116 Å². The Bertz CT molecular complexity index is 1560. The van der Waals surface area contributed by atoms with E-state index in [4.69, 9.17) is 13.8 Å². The van der Waals surface area contributed by atoms with Gasteiger partial charge in [0.25, 0.3) is 0 Å². The van der Waals surface area contributed by atoms with Crippen LogP contribution >= 0.6 is 7.82 Å². The molecule has 0 radical (unpaired) electrons. The van der Waals surface area contributed by atoms with Crippen molar-refractivity contribution in [3.05, 3.63) is 73.6 Å². The average molecular weight is 540 g/mol. The lowest BCUT2D eigenvalue weighted by Crippen LogP contribution is -2.23. The summed E-state index contributed by atoms with van der Waals surface area (Å²) in [7, 11) is -1.12. The molecule has 1 unspecified atom stereocenters. The van der Waals surface area contributed by atoms with Gasteiger partial charge >= 0.3 is 7.82 Å². The summed E-state index contributed by atoms with van der Waals surface area (Å²) in [4.78, 5) is 31.7. The number of hydrogen-bond donors (Lipinski definition) is 1. The molecule has 1 aromatic carbocycles. The number of rotatable bonds is 10. The van der Waals surface area contributed by atoms with Gasteiger partial charge in [-0.15, -0.1) is 0 Å². The molecular formula is C26H26FN4O6P. The third-order valence-electron chi connectivity index (χ3n) is 5.76. The number of carbonyl (C=O) groups is 1. The van der Waals surface area contributed by atoms with Crippen LogP contribution in [0.3, 0.4) is 0 Å². The van der Waals surface area contributed by atoms with E-state index in [1.807, 2.05) is 12.1 Å². The van der Waals surface area contributed by atoms with Gasteiger partial charge in [0.05, 0.1) is 13.7 Å². The summed E-state index contributed by atoms with van der Waals surface area (Å²) < 4.78 is 42.9. The Labute approximate surface area is 218 Å². The zero-order valence-electron chi connectivity index (χ0n) is 21.0. The maximum Gasteiger partial charge on any atom is 0.473 e. The Balaban J connectivity index is 1.85. The summed E-state index contributed by atoms with van der Waals surface area (Å²) in [5, 5.41) is 0.626. The fourth-order valence-corrected chi connectivity index (χ4v) is 4.56. The van der Waals surface area contributed by atoms with Crippen LogP contribution in [0.15, 0.2) is 67.6 Å². The first-order valence-corrected chi connectivity index (χ1v) is 13.0. The van der Waals surface area contributed by atoms with E-state index in [-0.39, 0.29) is 19.2 Å². The summed E-state index contributed by atoms with van der Waals surface area (Å²) in [6, 6.07) is 10.1. The van der Waals surface area contributed by atoms with Crippen molar-refractivity contribution in [3.8, 4) is 28.0 Å². The van der Waals surface area contributed by atoms with Gasteiger partial charge in [0.1, 0.15) is 18.1 Å². The van der Waals surface area contributed by atoms with Gasteiger partial charge in [-0.2, -0.15) is 4.39 Å². The summed E-state index contributed by atoms with van der Waals surface area (Å²) in [5.41, 5.74) is 3.55. The number of amides is 1. The van der Waals surface area contributed by atoms with Gasteiger partial charge in [-0.05, 0) is 48.4 Å². The number of phosphoric ester groups is 1. The maximum atomic E-state index is 14.0. The zero-order chi connectivity index (χ0) is 27.4. The highest BCUT2D eigenvalue weighted by molar-refractivity contribution is 7.47. The third kappa shape index (κ3) is 5.81. The molecule has 10 nitrogen and oxygen atoms in total. The molecular weight excluding hydrogens is 514 g/mol. The second-order valence-electron chi connectivity index (χ2n) is 8.14. The normalized spacial score (nSPS) is 12.8. The minimum atomic E-state index is -4.27. The largest absolute Gasteiger partial charge is 0.497 e. The first kappa shape index (κ1) is 27.2. The van der Waals surface area contributed by atoms with Crippen molar-refractivity contribution in [2.45, 2.75) is 13.7 Å². The Morgan fingerprint density at radius 3 is 2.66 bits per heavy atom. The van der Waals surface area contributed by atoms with Crippen molar-refractivity contribution in [2.24, 2.45) is 0 Å². The van der Waals surface area contributed by atoms with E-state index in [1.54, 1.807) is 44.6 Å². The maximum absolute atomic E-state index is 14.0. The Morgan fingerprint density at radius 1 is 1.18 bits per heavy atom. The smallest absolute Gasteiger partial charge is 0.473 e. The van der Waals surface area contributed by atoms with Crippen LogP contribution in [0.1, 0.15) is 6.92 Å². The number of hydrogen-bond acceptors (Lipinski definition) is 7. The number of anilines is 1. The van der Waals surface area contributed by atoms with Crippen LogP contribution in [-0.2, 0) is 25.1 Å². The summed E-state index contributed by atoms with van der Waals surface area (Å²) in [6.07, 6.45) is 5.83. The summed E-state index contributed by atoms with van der Waals surface area (Å²) in [5.74, 6) is -0.421. The molecule has 1 atom stereocenters. The number of phosphoric acid groups is 1. The fraction of sp³-hybridized carbons (Fsp3) is 0.192. The minimum Gasteiger partial charge on any atom is -0.497 e. The molecule has 12 heteroatoms. The van der Waals surface area contributed by atoms with Crippen molar-refractivity contribution in [1.82, 2.24) is 14.5 Å². The molecule has 0 spiro atoms. The van der Waals surface area contributed by atoms with Gasteiger partial charge in [0, 0.05) is 60.0 Å². The summed E-state index contributed by atoms with van der Waals surface area (Å²) >= 11 is 0. The molecule has 0 bridgehead atoms. The molecule has 4 rings (SSSR count). The van der Waals surface area contributed by atoms with Crippen molar-refractivity contribution < 1.29 is 32.4 Å². The number of nitrogens with zero attached hydrogens (tertiary/aromatic N) is 4.